The number of hydrogen-bond acceptors (Lipinski definition) is 9. The molecule has 0 fully saturated rings. The molecule has 0 radical (unpaired) electrons. The third kappa shape index (κ3) is 5.03. The highest BCUT2D eigenvalue weighted by atomic mass is 32.2. The third-order valence-electron chi connectivity index (χ3n) is 4.13. The molecule has 3 rings (SSSR count). The molecular formula is C18H14F3N3O5S3. The summed E-state index contributed by atoms with van der Waals surface area (Å²) in [6, 6.07) is 3.92. The second-order valence-electron chi connectivity index (χ2n) is 6.43. The van der Waals surface area contributed by atoms with Crippen LogP contribution in [0.25, 0.3) is 10.6 Å². The number of aliphatic hydroxyl groups is 1. The topological polar surface area (TPSA) is 140 Å². The van der Waals surface area contributed by atoms with Crippen LogP contribution in [0.4, 0.5) is 13.2 Å². The average Bonchev–Trinajstić information content (AvgIpc) is 3.34. The number of benzene rings is 1. The summed E-state index contributed by atoms with van der Waals surface area (Å²) in [5, 5.41) is 11.5. The van der Waals surface area contributed by atoms with Gasteiger partial charge in [0.15, 0.2) is 5.01 Å². The Kier molecular flexibility index (Phi) is 6.78. The molecule has 0 atom stereocenters. The van der Waals surface area contributed by atoms with Gasteiger partial charge >= 0.3 is 5.51 Å². The Hall–Kier alpha value is -2.68. The number of carbonyl (C=O) groups is 2. The van der Waals surface area contributed by atoms with Gasteiger partial charge in [-0.15, -0.1) is 22.7 Å². The van der Waals surface area contributed by atoms with Crippen molar-refractivity contribution in [3.05, 3.63) is 50.9 Å². The Labute approximate surface area is 187 Å². The highest BCUT2D eigenvalue weighted by Crippen LogP contribution is 2.32. The standard InChI is InChI=1S/C18H14F3N3O5S3/c19-18(20,21)32(28,29)11-3-1-9(2-4-11)5-10(26)6-14-23-13(8-30-14)15-12(7-25)24-17(31-15)16(22)27/h1-4,8,25H,5-7H2,(H2,22,27). The molecule has 0 aliphatic rings. The van der Waals surface area contributed by atoms with E-state index in [-0.39, 0.29) is 29.3 Å². The van der Waals surface area contributed by atoms with Crippen molar-refractivity contribution < 1.29 is 36.3 Å². The lowest BCUT2D eigenvalue weighted by Crippen LogP contribution is -2.23. The normalized spacial score (nSPS) is 12.1. The predicted octanol–water partition coefficient (Wildman–Crippen LogP) is 2.51. The molecule has 0 aliphatic heterocycles. The minimum Gasteiger partial charge on any atom is -0.390 e. The number of halogens is 3. The summed E-state index contributed by atoms with van der Waals surface area (Å²) in [6.07, 6.45) is -0.196. The zero-order chi connectivity index (χ0) is 23.7. The zero-order valence-corrected chi connectivity index (χ0v) is 18.4. The number of amides is 1. The van der Waals surface area contributed by atoms with Gasteiger partial charge in [-0.2, -0.15) is 13.2 Å². The molecule has 0 bridgehead atoms. The predicted molar refractivity (Wildman–Crippen MR) is 110 cm³/mol. The fraction of sp³-hybridized carbons (Fsp3) is 0.222. The fourth-order valence-electron chi connectivity index (χ4n) is 2.64. The number of aliphatic hydroxyl groups excluding tert-OH is 1. The van der Waals surface area contributed by atoms with Crippen LogP contribution in [0.2, 0.25) is 0 Å². The lowest BCUT2D eigenvalue weighted by molar-refractivity contribution is -0.117. The average molecular weight is 506 g/mol. The van der Waals surface area contributed by atoms with Crippen LogP contribution >= 0.6 is 22.7 Å². The molecule has 0 saturated heterocycles. The van der Waals surface area contributed by atoms with E-state index in [0.717, 1.165) is 35.6 Å². The number of thiazole rings is 2. The molecule has 1 aromatic carbocycles. The summed E-state index contributed by atoms with van der Waals surface area (Å²) in [4.78, 5) is 31.5. The van der Waals surface area contributed by atoms with E-state index < -0.39 is 32.8 Å². The van der Waals surface area contributed by atoms with Crippen LogP contribution in [-0.4, -0.2) is 40.7 Å². The Morgan fingerprint density at radius 2 is 1.75 bits per heavy atom. The lowest BCUT2D eigenvalue weighted by Gasteiger charge is -2.08. The number of primary amides is 1. The van der Waals surface area contributed by atoms with E-state index in [1.165, 1.54) is 11.3 Å². The largest absolute Gasteiger partial charge is 0.501 e. The first-order valence-electron chi connectivity index (χ1n) is 8.69. The first-order chi connectivity index (χ1) is 14.9. The number of hydrogen-bond donors (Lipinski definition) is 2. The molecule has 1 amide bonds. The molecule has 0 saturated carbocycles. The number of nitrogens with two attached hydrogens (primary N) is 1. The maximum Gasteiger partial charge on any atom is 0.501 e. The van der Waals surface area contributed by atoms with Crippen LogP contribution in [0, 0.1) is 0 Å². The first kappa shape index (κ1) is 24.0. The quantitative estimate of drug-likeness (QED) is 0.479. The van der Waals surface area contributed by atoms with Crippen molar-refractivity contribution in [2.45, 2.75) is 29.9 Å². The van der Waals surface area contributed by atoms with Crippen LogP contribution < -0.4 is 5.73 Å². The maximum atomic E-state index is 12.6. The molecule has 3 aromatic rings. The highest BCUT2D eigenvalue weighted by Gasteiger charge is 2.46. The van der Waals surface area contributed by atoms with Crippen molar-refractivity contribution in [2.75, 3.05) is 0 Å². The van der Waals surface area contributed by atoms with E-state index >= 15 is 0 Å². The van der Waals surface area contributed by atoms with E-state index in [0.29, 0.717) is 21.1 Å². The second-order valence-corrected chi connectivity index (χ2v) is 10.3. The number of carbonyl (C=O) groups excluding carboxylic acids is 2. The second kappa shape index (κ2) is 9.05. The number of sulfone groups is 1. The van der Waals surface area contributed by atoms with Gasteiger partial charge in [0.05, 0.1) is 34.2 Å². The monoisotopic (exact) mass is 505 g/mol. The number of ketones is 1. The third-order valence-corrected chi connectivity index (χ3v) is 7.62. The van der Waals surface area contributed by atoms with E-state index in [1.54, 1.807) is 5.38 Å². The summed E-state index contributed by atoms with van der Waals surface area (Å²) in [7, 11) is -5.45. The van der Waals surface area contributed by atoms with Crippen molar-refractivity contribution in [2.24, 2.45) is 5.73 Å². The Morgan fingerprint density at radius 1 is 1.09 bits per heavy atom. The molecule has 8 nitrogen and oxygen atoms in total. The lowest BCUT2D eigenvalue weighted by atomic mass is 10.1. The van der Waals surface area contributed by atoms with Gasteiger partial charge in [0, 0.05) is 11.8 Å². The van der Waals surface area contributed by atoms with Crippen LogP contribution in [-0.2, 0) is 34.1 Å². The molecule has 2 aromatic heterocycles. The number of Topliss-reactive ketones (excluding diaryl/α,β-unsaturated/α-hetero) is 1. The minimum absolute atomic E-state index is 0.0191. The Morgan fingerprint density at radius 3 is 2.31 bits per heavy atom. The summed E-state index contributed by atoms with van der Waals surface area (Å²) in [5.41, 5.74) is 0.812. The van der Waals surface area contributed by atoms with Gasteiger partial charge in [-0.1, -0.05) is 12.1 Å². The van der Waals surface area contributed by atoms with E-state index in [4.69, 9.17) is 5.73 Å². The number of aromatic nitrogens is 2. The molecule has 32 heavy (non-hydrogen) atoms. The van der Waals surface area contributed by atoms with Crippen LogP contribution in [0.15, 0.2) is 34.5 Å². The first-order valence-corrected chi connectivity index (χ1v) is 11.9. The molecule has 0 unspecified atom stereocenters. The van der Waals surface area contributed by atoms with Crippen LogP contribution in [0.3, 0.4) is 0 Å². The van der Waals surface area contributed by atoms with Gasteiger partial charge in [-0.05, 0) is 17.7 Å². The smallest absolute Gasteiger partial charge is 0.390 e. The van der Waals surface area contributed by atoms with Gasteiger partial charge in [0.2, 0.25) is 0 Å². The summed E-state index contributed by atoms with van der Waals surface area (Å²) in [6.45, 7) is -0.426. The molecule has 2 heterocycles. The summed E-state index contributed by atoms with van der Waals surface area (Å²) < 4.78 is 60.6. The van der Waals surface area contributed by atoms with Crippen molar-refractivity contribution in [1.82, 2.24) is 9.97 Å². The van der Waals surface area contributed by atoms with Crippen molar-refractivity contribution in [3.63, 3.8) is 0 Å². The zero-order valence-electron chi connectivity index (χ0n) is 15.9. The van der Waals surface area contributed by atoms with Gasteiger partial charge in [0.25, 0.3) is 15.7 Å². The number of nitrogens with zero attached hydrogens (tertiary/aromatic N) is 2. The van der Waals surface area contributed by atoms with Gasteiger partial charge in [0.1, 0.15) is 10.8 Å². The van der Waals surface area contributed by atoms with E-state index in [1.807, 2.05) is 0 Å². The maximum absolute atomic E-state index is 12.6. The summed E-state index contributed by atoms with van der Waals surface area (Å²) >= 11 is 2.14. The molecule has 0 spiro atoms. The number of rotatable bonds is 8. The van der Waals surface area contributed by atoms with Crippen molar-refractivity contribution in [3.8, 4) is 10.6 Å². The van der Waals surface area contributed by atoms with E-state index in [9.17, 15) is 36.3 Å². The Balaban J connectivity index is 1.69. The Bertz CT molecular complexity index is 1270. The molecule has 3 N–H and O–H groups in total. The van der Waals surface area contributed by atoms with Crippen LogP contribution in [0.1, 0.15) is 26.1 Å². The molecule has 0 aliphatic carbocycles. The summed E-state index contributed by atoms with van der Waals surface area (Å²) in [5.74, 6) is -1.03. The van der Waals surface area contributed by atoms with Crippen LogP contribution in [0.5, 0.6) is 0 Å². The van der Waals surface area contributed by atoms with Gasteiger partial charge < -0.3 is 10.8 Å². The molecule has 14 heteroatoms. The van der Waals surface area contributed by atoms with E-state index in [2.05, 4.69) is 9.97 Å². The van der Waals surface area contributed by atoms with Gasteiger partial charge in [-0.3, -0.25) is 9.59 Å². The SMILES string of the molecule is NC(=O)c1nc(CO)c(-c2csc(CC(=O)Cc3ccc(S(=O)(=O)C(F)(F)F)cc3)n2)s1. The highest BCUT2D eigenvalue weighted by molar-refractivity contribution is 7.92. The molecule has 170 valence electrons. The van der Waals surface area contributed by atoms with Crippen molar-refractivity contribution >= 4 is 44.2 Å². The number of alkyl halides is 3. The fourth-order valence-corrected chi connectivity index (χ4v) is 5.18. The van der Waals surface area contributed by atoms with Gasteiger partial charge in [-0.25, -0.2) is 18.4 Å². The van der Waals surface area contributed by atoms with Crippen molar-refractivity contribution in [1.29, 1.82) is 0 Å². The molecular weight excluding hydrogens is 491 g/mol. The minimum atomic E-state index is -5.45.